The number of H-pyrrole nitrogens is 1. The monoisotopic (exact) mass is 523 g/mol. The number of carboxylic acid groups (broad SMARTS) is 1. The molecule has 0 spiro atoms. The molecule has 2 unspecified atom stereocenters. The zero-order valence-electron chi connectivity index (χ0n) is 22.4. The fraction of sp³-hybridized carbons (Fsp3) is 0.467. The number of nitrogens with one attached hydrogen (secondary N) is 1. The number of hydrogen-bond donors (Lipinski definition) is 2. The van der Waals surface area contributed by atoms with Crippen LogP contribution in [0.5, 0.6) is 5.75 Å². The molecule has 1 aliphatic heterocycles. The second kappa shape index (κ2) is 11.5. The molecule has 2 aromatic carbocycles. The van der Waals surface area contributed by atoms with Gasteiger partial charge in [0.05, 0.1) is 30.1 Å². The van der Waals surface area contributed by atoms with E-state index in [2.05, 4.69) is 42.0 Å². The van der Waals surface area contributed by atoms with Gasteiger partial charge >= 0.3 is 5.97 Å². The van der Waals surface area contributed by atoms with Crippen LogP contribution in [0.25, 0.3) is 10.9 Å². The van der Waals surface area contributed by atoms with Crippen molar-refractivity contribution in [2.75, 3.05) is 13.1 Å². The molecule has 1 saturated heterocycles. The molecule has 2 N–H and O–H groups in total. The number of likely N-dealkylation sites (tertiary alicyclic amines) is 1. The number of ether oxygens (including phenoxy) is 1. The molecule has 38 heavy (non-hydrogen) atoms. The van der Waals surface area contributed by atoms with Crippen LogP contribution in [0.4, 0.5) is 8.78 Å². The molecule has 0 radical (unpaired) electrons. The van der Waals surface area contributed by atoms with Crippen molar-refractivity contribution in [3.63, 3.8) is 0 Å². The lowest BCUT2D eigenvalue weighted by atomic mass is 9.94. The van der Waals surface area contributed by atoms with Crippen LogP contribution in [0.3, 0.4) is 0 Å². The Labute approximate surface area is 222 Å². The van der Waals surface area contributed by atoms with Crippen molar-refractivity contribution in [3.8, 4) is 17.6 Å². The number of halogens is 2. The Balaban J connectivity index is 1.56. The molecule has 0 amide bonds. The van der Waals surface area contributed by atoms with Crippen LogP contribution in [0.1, 0.15) is 74.4 Å². The number of aliphatic carboxylic acids is 1. The molecule has 8 heteroatoms. The van der Waals surface area contributed by atoms with Crippen LogP contribution in [0.2, 0.25) is 0 Å². The highest BCUT2D eigenvalue weighted by Gasteiger charge is 2.38. The summed E-state index contributed by atoms with van der Waals surface area (Å²) in [6.07, 6.45) is 0.413. The first kappa shape index (κ1) is 27.6. The van der Waals surface area contributed by atoms with E-state index in [0.717, 1.165) is 39.7 Å². The Morgan fingerprint density at radius 1 is 1.24 bits per heavy atom. The number of fused-ring (bicyclic) bond motifs is 1. The SMILES string of the molecule is CC#CC(CC(=O)O)c1ccc(OC(CC(C)C)c2ccc3c(CN4CCC(F)(F)C4)[nH]nc3c2C)cc1. The molecule has 2 heterocycles. The predicted octanol–water partition coefficient (Wildman–Crippen LogP) is 6.46. The highest BCUT2D eigenvalue weighted by atomic mass is 19.3. The first-order valence-corrected chi connectivity index (χ1v) is 13.0. The summed E-state index contributed by atoms with van der Waals surface area (Å²) in [7, 11) is 0. The number of nitrogens with zero attached hydrogens (tertiary/aromatic N) is 2. The lowest BCUT2D eigenvalue weighted by molar-refractivity contribution is -0.137. The minimum atomic E-state index is -2.63. The molecule has 1 fully saturated rings. The Hall–Kier alpha value is -3.44. The van der Waals surface area contributed by atoms with E-state index in [4.69, 9.17) is 4.74 Å². The summed E-state index contributed by atoms with van der Waals surface area (Å²) in [6.45, 7) is 8.57. The van der Waals surface area contributed by atoms with Crippen molar-refractivity contribution in [1.29, 1.82) is 0 Å². The summed E-state index contributed by atoms with van der Waals surface area (Å²) in [5.74, 6) is 2.97. The molecule has 2 atom stereocenters. The summed E-state index contributed by atoms with van der Waals surface area (Å²) < 4.78 is 33.8. The van der Waals surface area contributed by atoms with E-state index in [1.807, 2.05) is 37.3 Å². The van der Waals surface area contributed by atoms with E-state index in [-0.39, 0.29) is 31.4 Å². The summed E-state index contributed by atoms with van der Waals surface area (Å²) in [6, 6.07) is 11.5. The van der Waals surface area contributed by atoms with Crippen LogP contribution >= 0.6 is 0 Å². The summed E-state index contributed by atoms with van der Waals surface area (Å²) >= 11 is 0. The number of carboxylic acids is 1. The molecular formula is C30H35F2N3O3. The largest absolute Gasteiger partial charge is 0.486 e. The minimum Gasteiger partial charge on any atom is -0.486 e. The molecule has 1 aromatic heterocycles. The van der Waals surface area contributed by atoms with Gasteiger partial charge in [-0.3, -0.25) is 14.8 Å². The molecule has 0 aliphatic carbocycles. The van der Waals surface area contributed by atoms with Crippen LogP contribution in [-0.2, 0) is 11.3 Å². The number of hydrogen-bond acceptors (Lipinski definition) is 4. The summed E-state index contributed by atoms with van der Waals surface area (Å²) in [4.78, 5) is 13.0. The van der Waals surface area contributed by atoms with Gasteiger partial charge in [-0.05, 0) is 55.0 Å². The third kappa shape index (κ3) is 6.51. The molecule has 0 bridgehead atoms. The van der Waals surface area contributed by atoms with Gasteiger partial charge in [-0.1, -0.05) is 44.0 Å². The van der Waals surface area contributed by atoms with Crippen molar-refractivity contribution < 1.29 is 23.4 Å². The molecule has 202 valence electrons. The number of aromatic amines is 1. The van der Waals surface area contributed by atoms with Crippen molar-refractivity contribution in [2.24, 2.45) is 5.92 Å². The van der Waals surface area contributed by atoms with Gasteiger partial charge in [0, 0.05) is 24.9 Å². The summed E-state index contributed by atoms with van der Waals surface area (Å²) in [5, 5.41) is 17.8. The zero-order valence-corrected chi connectivity index (χ0v) is 22.4. The smallest absolute Gasteiger partial charge is 0.304 e. The van der Waals surface area contributed by atoms with Gasteiger partial charge in [-0.2, -0.15) is 5.10 Å². The van der Waals surface area contributed by atoms with Crippen molar-refractivity contribution in [3.05, 3.63) is 58.8 Å². The lowest BCUT2D eigenvalue weighted by Crippen LogP contribution is -2.25. The average Bonchev–Trinajstić information content (AvgIpc) is 3.41. The van der Waals surface area contributed by atoms with E-state index in [1.54, 1.807) is 11.8 Å². The first-order valence-electron chi connectivity index (χ1n) is 13.0. The van der Waals surface area contributed by atoms with E-state index in [9.17, 15) is 18.7 Å². The van der Waals surface area contributed by atoms with Crippen molar-refractivity contribution in [1.82, 2.24) is 15.1 Å². The van der Waals surface area contributed by atoms with Gasteiger partial charge in [-0.25, -0.2) is 8.78 Å². The molecule has 1 aliphatic rings. The number of alkyl halides is 2. The quantitative estimate of drug-likeness (QED) is 0.298. The molecule has 4 rings (SSSR count). The average molecular weight is 524 g/mol. The summed E-state index contributed by atoms with van der Waals surface area (Å²) in [5.41, 5.74) is 4.54. The van der Waals surface area contributed by atoms with Gasteiger partial charge in [0.2, 0.25) is 0 Å². The lowest BCUT2D eigenvalue weighted by Gasteiger charge is -2.23. The molecule has 0 saturated carbocycles. The zero-order chi connectivity index (χ0) is 27.4. The second-order valence-electron chi connectivity index (χ2n) is 10.5. The van der Waals surface area contributed by atoms with Gasteiger partial charge in [-0.15, -0.1) is 5.92 Å². The highest BCUT2D eigenvalue weighted by molar-refractivity contribution is 5.85. The highest BCUT2D eigenvalue weighted by Crippen LogP contribution is 2.35. The first-order chi connectivity index (χ1) is 18.1. The topological polar surface area (TPSA) is 78.5 Å². The second-order valence-corrected chi connectivity index (χ2v) is 10.5. The van der Waals surface area contributed by atoms with Gasteiger partial charge in [0.15, 0.2) is 0 Å². The van der Waals surface area contributed by atoms with E-state index < -0.39 is 11.9 Å². The minimum absolute atomic E-state index is 0.0535. The third-order valence-corrected chi connectivity index (χ3v) is 7.02. The maximum absolute atomic E-state index is 13.7. The van der Waals surface area contributed by atoms with Crippen molar-refractivity contribution >= 4 is 16.9 Å². The normalized spacial score (nSPS) is 16.8. The van der Waals surface area contributed by atoms with E-state index in [0.29, 0.717) is 24.8 Å². The number of carbonyl (C=O) groups is 1. The fourth-order valence-corrected chi connectivity index (χ4v) is 5.13. The van der Waals surface area contributed by atoms with E-state index in [1.165, 1.54) is 0 Å². The van der Waals surface area contributed by atoms with Crippen LogP contribution in [0.15, 0.2) is 36.4 Å². The standard InChI is InChI=1S/C30H35F2N3O3/c1-5-6-22(16-28(36)37)21-7-9-23(10-8-21)38-27(15-19(2)3)24-11-12-25-26(33-34-29(25)20(24)4)17-35-14-13-30(31,32)18-35/h7-12,19,22,27H,13-18H2,1-4H3,(H,33,34)(H,36,37). The maximum Gasteiger partial charge on any atom is 0.304 e. The van der Waals surface area contributed by atoms with Crippen LogP contribution < -0.4 is 4.74 Å². The Morgan fingerprint density at radius 2 is 1.97 bits per heavy atom. The van der Waals surface area contributed by atoms with Crippen LogP contribution in [0, 0.1) is 24.7 Å². The predicted molar refractivity (Wildman–Crippen MR) is 143 cm³/mol. The number of aryl methyl sites for hydroxylation is 1. The molecular weight excluding hydrogens is 488 g/mol. The maximum atomic E-state index is 13.7. The fourth-order valence-electron chi connectivity index (χ4n) is 5.13. The Kier molecular flexibility index (Phi) is 8.37. The van der Waals surface area contributed by atoms with Gasteiger partial charge in [0.1, 0.15) is 11.9 Å². The third-order valence-electron chi connectivity index (χ3n) is 7.02. The molecule has 3 aromatic rings. The number of rotatable bonds is 10. The van der Waals surface area contributed by atoms with Gasteiger partial charge < -0.3 is 9.84 Å². The van der Waals surface area contributed by atoms with E-state index >= 15 is 0 Å². The van der Waals surface area contributed by atoms with Gasteiger partial charge in [0.25, 0.3) is 5.92 Å². The van der Waals surface area contributed by atoms with Crippen LogP contribution in [-0.4, -0.2) is 45.2 Å². The Morgan fingerprint density at radius 3 is 2.58 bits per heavy atom. The van der Waals surface area contributed by atoms with Crippen molar-refractivity contribution in [2.45, 2.75) is 71.4 Å². The number of aromatic nitrogens is 2. The Bertz CT molecular complexity index is 1340. The number of benzene rings is 2. The molecule has 6 nitrogen and oxygen atoms in total.